The predicted molar refractivity (Wildman–Crippen MR) is 107 cm³/mol. The van der Waals surface area contributed by atoms with Crippen LogP contribution in [0.4, 0.5) is 0 Å². The van der Waals surface area contributed by atoms with Crippen molar-refractivity contribution >= 4 is 40.5 Å². The maximum atomic E-state index is 12.1. The standard InChI is InChI=1S/C20H19Cl2NO4/c1-13(14-7-9-16(21)10-8-14)23-27-11-15-5-4-6-18(22)19(15)17(12-25-2)20(24)26-3/h4-10,12H,11H2,1-3H3/b17-12+,23-13+. The van der Waals surface area contributed by atoms with Gasteiger partial charge < -0.3 is 14.3 Å². The normalized spacial score (nSPS) is 11.9. The van der Waals surface area contributed by atoms with Gasteiger partial charge in [-0.15, -0.1) is 0 Å². The Hall–Kier alpha value is -2.50. The first kappa shape index (κ1) is 20.8. The van der Waals surface area contributed by atoms with E-state index in [-0.39, 0.29) is 12.2 Å². The van der Waals surface area contributed by atoms with Crippen molar-refractivity contribution in [1.29, 1.82) is 0 Å². The van der Waals surface area contributed by atoms with Gasteiger partial charge in [0.25, 0.3) is 0 Å². The third-order valence-electron chi connectivity index (χ3n) is 3.69. The molecule has 2 rings (SSSR count). The molecule has 0 saturated carbocycles. The number of hydrogen-bond acceptors (Lipinski definition) is 5. The highest BCUT2D eigenvalue weighted by Crippen LogP contribution is 2.29. The lowest BCUT2D eigenvalue weighted by Crippen LogP contribution is -2.08. The Bertz CT molecular complexity index is 861. The minimum Gasteiger partial charge on any atom is -0.503 e. The van der Waals surface area contributed by atoms with Crippen LogP contribution in [-0.4, -0.2) is 25.9 Å². The Labute approximate surface area is 168 Å². The summed E-state index contributed by atoms with van der Waals surface area (Å²) < 4.78 is 9.82. The topological polar surface area (TPSA) is 57.1 Å². The van der Waals surface area contributed by atoms with Crippen LogP contribution in [0.3, 0.4) is 0 Å². The van der Waals surface area contributed by atoms with E-state index >= 15 is 0 Å². The van der Waals surface area contributed by atoms with Gasteiger partial charge in [0.15, 0.2) is 0 Å². The third kappa shape index (κ3) is 5.49. The lowest BCUT2D eigenvalue weighted by Gasteiger charge is -2.13. The highest BCUT2D eigenvalue weighted by Gasteiger charge is 2.20. The van der Waals surface area contributed by atoms with E-state index in [2.05, 4.69) is 5.16 Å². The van der Waals surface area contributed by atoms with Crippen LogP contribution < -0.4 is 0 Å². The fourth-order valence-corrected chi connectivity index (χ4v) is 2.79. The molecule has 2 aromatic rings. The molecule has 0 fully saturated rings. The molecule has 0 amide bonds. The van der Waals surface area contributed by atoms with Crippen LogP contribution in [0.15, 0.2) is 53.9 Å². The van der Waals surface area contributed by atoms with Gasteiger partial charge in [0.2, 0.25) is 0 Å². The zero-order valence-electron chi connectivity index (χ0n) is 15.2. The zero-order valence-corrected chi connectivity index (χ0v) is 16.7. The summed E-state index contributed by atoms with van der Waals surface area (Å²) >= 11 is 12.2. The molecule has 27 heavy (non-hydrogen) atoms. The van der Waals surface area contributed by atoms with Crippen LogP contribution >= 0.6 is 23.2 Å². The molecular weight excluding hydrogens is 389 g/mol. The van der Waals surface area contributed by atoms with Crippen molar-refractivity contribution in [1.82, 2.24) is 0 Å². The van der Waals surface area contributed by atoms with Crippen molar-refractivity contribution in [2.45, 2.75) is 13.5 Å². The predicted octanol–water partition coefficient (Wildman–Crippen LogP) is 5.09. The Morgan fingerprint density at radius 2 is 1.81 bits per heavy atom. The molecule has 0 N–H and O–H groups in total. The summed E-state index contributed by atoms with van der Waals surface area (Å²) in [6.45, 7) is 1.94. The highest BCUT2D eigenvalue weighted by atomic mass is 35.5. The fraction of sp³-hybridized carbons (Fsp3) is 0.200. The first-order valence-electron chi connectivity index (χ1n) is 7.99. The van der Waals surface area contributed by atoms with Gasteiger partial charge in [-0.2, -0.15) is 0 Å². The fourth-order valence-electron chi connectivity index (χ4n) is 2.37. The maximum absolute atomic E-state index is 12.1. The lowest BCUT2D eigenvalue weighted by atomic mass is 10.0. The van der Waals surface area contributed by atoms with Gasteiger partial charge in [-0.25, -0.2) is 4.79 Å². The average molecular weight is 408 g/mol. The van der Waals surface area contributed by atoms with Crippen molar-refractivity contribution in [3.63, 3.8) is 0 Å². The number of benzene rings is 2. The zero-order chi connectivity index (χ0) is 19.8. The monoisotopic (exact) mass is 407 g/mol. The first-order chi connectivity index (χ1) is 13.0. The van der Waals surface area contributed by atoms with Gasteiger partial charge in [0.1, 0.15) is 12.2 Å². The molecule has 0 radical (unpaired) electrons. The summed E-state index contributed by atoms with van der Waals surface area (Å²) in [7, 11) is 2.73. The Morgan fingerprint density at radius 3 is 2.44 bits per heavy atom. The molecule has 0 saturated heterocycles. The first-order valence-corrected chi connectivity index (χ1v) is 8.75. The smallest absolute Gasteiger partial charge is 0.341 e. The molecule has 0 aromatic heterocycles. The summed E-state index contributed by atoms with van der Waals surface area (Å²) in [5.74, 6) is -0.563. The second kappa shape index (κ2) is 10.00. The summed E-state index contributed by atoms with van der Waals surface area (Å²) in [6.07, 6.45) is 1.29. The SMILES string of the molecule is CO/C=C(/C(=O)OC)c1c(Cl)cccc1CO/N=C(\C)c1ccc(Cl)cc1. The molecule has 0 aliphatic heterocycles. The van der Waals surface area contributed by atoms with E-state index in [1.165, 1.54) is 20.5 Å². The molecule has 0 spiro atoms. The largest absolute Gasteiger partial charge is 0.503 e. The second-order valence-corrected chi connectivity index (χ2v) is 6.33. The molecule has 0 aliphatic carbocycles. The van der Waals surface area contributed by atoms with Crippen molar-refractivity contribution in [2.75, 3.05) is 14.2 Å². The minimum absolute atomic E-state index is 0.110. The molecular formula is C20H19Cl2NO4. The van der Waals surface area contributed by atoms with Gasteiger partial charge >= 0.3 is 5.97 Å². The van der Waals surface area contributed by atoms with Gasteiger partial charge in [-0.1, -0.05) is 52.6 Å². The van der Waals surface area contributed by atoms with Gasteiger partial charge in [-0.3, -0.25) is 0 Å². The number of rotatable bonds is 7. The minimum atomic E-state index is -0.563. The number of oxime groups is 1. The molecule has 2 aromatic carbocycles. The number of carbonyl (C=O) groups excluding carboxylic acids is 1. The van der Waals surface area contributed by atoms with E-state index in [0.717, 1.165) is 5.56 Å². The number of ether oxygens (including phenoxy) is 2. The van der Waals surface area contributed by atoms with Crippen molar-refractivity contribution in [2.24, 2.45) is 5.16 Å². The number of carbonyl (C=O) groups is 1. The van der Waals surface area contributed by atoms with Gasteiger partial charge in [0.05, 0.1) is 26.2 Å². The van der Waals surface area contributed by atoms with E-state index in [0.29, 0.717) is 26.9 Å². The van der Waals surface area contributed by atoms with Crippen molar-refractivity contribution in [3.8, 4) is 0 Å². The second-order valence-electron chi connectivity index (χ2n) is 5.49. The molecule has 0 heterocycles. The molecule has 7 heteroatoms. The average Bonchev–Trinajstić information content (AvgIpc) is 2.66. The number of halogens is 2. The van der Waals surface area contributed by atoms with Crippen LogP contribution in [0.5, 0.6) is 0 Å². The number of methoxy groups -OCH3 is 2. The van der Waals surface area contributed by atoms with E-state index in [4.69, 9.17) is 37.5 Å². The molecule has 0 aliphatic rings. The molecule has 0 unspecified atom stereocenters. The van der Waals surface area contributed by atoms with Crippen LogP contribution in [0.2, 0.25) is 10.0 Å². The summed E-state index contributed by atoms with van der Waals surface area (Å²) in [6, 6.07) is 12.5. The van der Waals surface area contributed by atoms with Crippen molar-refractivity contribution < 1.29 is 19.1 Å². The molecule has 0 atom stereocenters. The number of nitrogens with zero attached hydrogens (tertiary/aromatic N) is 1. The lowest BCUT2D eigenvalue weighted by molar-refractivity contribution is -0.133. The molecule has 5 nitrogen and oxygen atoms in total. The Balaban J connectivity index is 2.25. The summed E-state index contributed by atoms with van der Waals surface area (Å²) in [4.78, 5) is 17.6. The molecule has 142 valence electrons. The van der Waals surface area contributed by atoms with E-state index < -0.39 is 5.97 Å². The van der Waals surface area contributed by atoms with Gasteiger partial charge in [0, 0.05) is 21.2 Å². The van der Waals surface area contributed by atoms with E-state index in [1.54, 1.807) is 30.3 Å². The van der Waals surface area contributed by atoms with Gasteiger partial charge in [-0.05, 0) is 30.7 Å². The van der Waals surface area contributed by atoms with E-state index in [1.807, 2.05) is 19.1 Å². The Morgan fingerprint density at radius 1 is 1.11 bits per heavy atom. The van der Waals surface area contributed by atoms with Crippen LogP contribution in [0, 0.1) is 0 Å². The highest BCUT2D eigenvalue weighted by molar-refractivity contribution is 6.34. The number of esters is 1. The maximum Gasteiger partial charge on any atom is 0.341 e. The molecule has 0 bridgehead atoms. The quantitative estimate of drug-likeness (QED) is 0.210. The van der Waals surface area contributed by atoms with Crippen molar-refractivity contribution in [3.05, 3.63) is 75.5 Å². The van der Waals surface area contributed by atoms with Crippen LogP contribution in [-0.2, 0) is 25.7 Å². The van der Waals surface area contributed by atoms with E-state index in [9.17, 15) is 4.79 Å². The number of hydrogen-bond donors (Lipinski definition) is 0. The third-order valence-corrected chi connectivity index (χ3v) is 4.26. The Kier molecular flexibility index (Phi) is 7.70. The van der Waals surface area contributed by atoms with Crippen LogP contribution in [0.1, 0.15) is 23.6 Å². The van der Waals surface area contributed by atoms with Crippen LogP contribution in [0.25, 0.3) is 5.57 Å². The summed E-state index contributed by atoms with van der Waals surface area (Å²) in [5.41, 5.74) is 2.93. The summed E-state index contributed by atoms with van der Waals surface area (Å²) in [5, 5.41) is 5.15.